The molecule has 0 bridgehead atoms. The molecule has 0 radical (unpaired) electrons. The number of carbonyl (C=O) groups is 2. The van der Waals surface area contributed by atoms with Crippen molar-refractivity contribution in [1.82, 2.24) is 4.98 Å². The van der Waals surface area contributed by atoms with Gasteiger partial charge in [-0.25, -0.2) is 4.98 Å². The highest BCUT2D eigenvalue weighted by Crippen LogP contribution is 2.31. The van der Waals surface area contributed by atoms with Crippen molar-refractivity contribution < 1.29 is 14.3 Å². The smallest absolute Gasteiger partial charge is 0.229 e. The number of nitrogens with zero attached hydrogens (tertiary/aromatic N) is 3. The first-order valence-corrected chi connectivity index (χ1v) is 10.1. The molecule has 3 heterocycles. The number of anilines is 3. The van der Waals surface area contributed by atoms with Crippen LogP contribution >= 0.6 is 15.9 Å². The Balaban J connectivity index is 1.39. The highest BCUT2D eigenvalue weighted by molar-refractivity contribution is 9.10. The maximum atomic E-state index is 12.7. The molecule has 8 heteroatoms. The Morgan fingerprint density at radius 3 is 2.68 bits per heavy atom. The zero-order valence-electron chi connectivity index (χ0n) is 15.3. The van der Waals surface area contributed by atoms with Gasteiger partial charge in [0.05, 0.1) is 36.7 Å². The van der Waals surface area contributed by atoms with Gasteiger partial charge in [0.1, 0.15) is 5.82 Å². The quantitative estimate of drug-likeness (QED) is 0.784. The number of carbonyl (C=O) groups excluding carboxylic acids is 2. The largest absolute Gasteiger partial charge is 0.378 e. The number of pyridine rings is 1. The zero-order chi connectivity index (χ0) is 19.5. The first-order valence-electron chi connectivity index (χ1n) is 9.26. The predicted molar refractivity (Wildman–Crippen MR) is 111 cm³/mol. The van der Waals surface area contributed by atoms with E-state index >= 15 is 0 Å². The van der Waals surface area contributed by atoms with E-state index in [2.05, 4.69) is 31.1 Å². The van der Waals surface area contributed by atoms with Crippen LogP contribution in [0.15, 0.2) is 47.1 Å². The Hall–Kier alpha value is -2.45. The summed E-state index contributed by atoms with van der Waals surface area (Å²) in [6.07, 6.45) is 1.86. The number of amides is 2. The van der Waals surface area contributed by atoms with Crippen LogP contribution in [0.2, 0.25) is 0 Å². The van der Waals surface area contributed by atoms with E-state index < -0.39 is 5.92 Å². The monoisotopic (exact) mass is 444 g/mol. The van der Waals surface area contributed by atoms with Gasteiger partial charge in [-0.1, -0.05) is 12.1 Å². The fourth-order valence-electron chi connectivity index (χ4n) is 3.47. The Morgan fingerprint density at radius 2 is 1.96 bits per heavy atom. The third-order valence-electron chi connectivity index (χ3n) is 4.99. The molecule has 0 saturated carbocycles. The van der Waals surface area contributed by atoms with Crippen LogP contribution in [-0.2, 0) is 14.3 Å². The molecule has 1 aromatic heterocycles. The molecule has 2 fully saturated rings. The van der Waals surface area contributed by atoms with Crippen molar-refractivity contribution in [1.29, 1.82) is 0 Å². The summed E-state index contributed by atoms with van der Waals surface area (Å²) in [5, 5.41) is 2.89. The third kappa shape index (κ3) is 4.02. The van der Waals surface area contributed by atoms with E-state index in [1.807, 2.05) is 36.4 Å². The Bertz CT molecular complexity index is 868. The summed E-state index contributed by atoms with van der Waals surface area (Å²) >= 11 is 3.47. The number of ether oxygens (including phenoxy) is 1. The summed E-state index contributed by atoms with van der Waals surface area (Å²) in [6.45, 7) is 3.39. The first kappa shape index (κ1) is 18.9. The topological polar surface area (TPSA) is 74.8 Å². The molecular weight excluding hydrogens is 424 g/mol. The molecule has 28 heavy (non-hydrogen) atoms. The number of morpholine rings is 1. The van der Waals surface area contributed by atoms with Gasteiger partial charge in [-0.3, -0.25) is 9.59 Å². The van der Waals surface area contributed by atoms with Crippen molar-refractivity contribution in [3.63, 3.8) is 0 Å². The van der Waals surface area contributed by atoms with Crippen molar-refractivity contribution in [2.24, 2.45) is 5.92 Å². The van der Waals surface area contributed by atoms with Crippen LogP contribution in [0, 0.1) is 5.92 Å². The number of halogens is 1. The number of nitrogens with one attached hydrogen (secondary N) is 1. The van der Waals surface area contributed by atoms with Gasteiger partial charge >= 0.3 is 0 Å². The number of aromatic nitrogens is 1. The number of hydrogen-bond acceptors (Lipinski definition) is 5. The molecule has 2 aromatic rings. The fraction of sp³-hybridized carbons (Fsp3) is 0.350. The lowest BCUT2D eigenvalue weighted by Gasteiger charge is -2.27. The molecule has 1 N–H and O–H groups in total. The summed E-state index contributed by atoms with van der Waals surface area (Å²) < 4.78 is 6.19. The van der Waals surface area contributed by atoms with Gasteiger partial charge in [0.2, 0.25) is 11.8 Å². The van der Waals surface area contributed by atoms with E-state index in [0.29, 0.717) is 25.4 Å². The Labute approximate surface area is 171 Å². The normalized spacial score (nSPS) is 19.8. The molecule has 146 valence electrons. The van der Waals surface area contributed by atoms with Gasteiger partial charge in [-0.2, -0.15) is 0 Å². The number of hydrogen-bond donors (Lipinski definition) is 1. The average Bonchev–Trinajstić information content (AvgIpc) is 3.11. The van der Waals surface area contributed by atoms with E-state index in [1.165, 1.54) is 0 Å². The van der Waals surface area contributed by atoms with Crippen LogP contribution in [0.1, 0.15) is 6.42 Å². The number of rotatable bonds is 4. The van der Waals surface area contributed by atoms with Crippen LogP contribution in [-0.4, -0.2) is 49.6 Å². The van der Waals surface area contributed by atoms with Crippen molar-refractivity contribution >= 4 is 44.9 Å². The van der Waals surface area contributed by atoms with Crippen LogP contribution in [0.5, 0.6) is 0 Å². The minimum absolute atomic E-state index is 0.0483. The van der Waals surface area contributed by atoms with Crippen LogP contribution in [0.3, 0.4) is 0 Å². The lowest BCUT2D eigenvalue weighted by molar-refractivity contribution is -0.122. The Kier molecular flexibility index (Phi) is 5.59. The van der Waals surface area contributed by atoms with Crippen molar-refractivity contribution in [2.45, 2.75) is 6.42 Å². The molecule has 0 spiro atoms. The van der Waals surface area contributed by atoms with Crippen LogP contribution in [0.4, 0.5) is 17.2 Å². The molecule has 2 aliphatic heterocycles. The second-order valence-corrected chi connectivity index (χ2v) is 7.70. The summed E-state index contributed by atoms with van der Waals surface area (Å²) in [4.78, 5) is 33.3. The Morgan fingerprint density at radius 1 is 1.18 bits per heavy atom. The summed E-state index contributed by atoms with van der Waals surface area (Å²) in [7, 11) is 0. The molecule has 4 rings (SSSR count). The summed E-state index contributed by atoms with van der Waals surface area (Å²) in [6, 6.07) is 11.3. The van der Waals surface area contributed by atoms with E-state index in [4.69, 9.17) is 4.74 Å². The van der Waals surface area contributed by atoms with Gasteiger partial charge in [0.15, 0.2) is 0 Å². The molecule has 0 aliphatic carbocycles. The third-order valence-corrected chi connectivity index (χ3v) is 5.66. The molecule has 2 amide bonds. The van der Waals surface area contributed by atoms with Crippen LogP contribution in [0.25, 0.3) is 0 Å². The zero-order valence-corrected chi connectivity index (χ0v) is 16.9. The second kappa shape index (κ2) is 8.28. The number of para-hydroxylation sites is 1. The first-order chi connectivity index (χ1) is 13.6. The number of benzene rings is 1. The maximum Gasteiger partial charge on any atom is 0.229 e. The van der Waals surface area contributed by atoms with Crippen molar-refractivity contribution in [2.75, 3.05) is 48.0 Å². The average molecular weight is 445 g/mol. The minimum Gasteiger partial charge on any atom is -0.378 e. The van der Waals surface area contributed by atoms with Crippen molar-refractivity contribution in [3.05, 3.63) is 47.1 Å². The summed E-state index contributed by atoms with van der Waals surface area (Å²) in [5.74, 6) is 0.271. The highest BCUT2D eigenvalue weighted by atomic mass is 79.9. The lowest BCUT2D eigenvalue weighted by Crippen LogP contribution is -2.36. The molecule has 2 aliphatic rings. The molecular formula is C20H21BrN4O3. The molecule has 1 atom stereocenters. The van der Waals surface area contributed by atoms with Crippen molar-refractivity contribution in [3.8, 4) is 0 Å². The van der Waals surface area contributed by atoms with Crippen LogP contribution < -0.4 is 15.1 Å². The SMILES string of the molecule is O=C(Nc1ccc(N2CCOCC2)nc1)C1CC(=O)N(c2ccccc2Br)C1. The highest BCUT2D eigenvalue weighted by Gasteiger charge is 2.35. The van der Waals surface area contributed by atoms with E-state index in [1.54, 1.807) is 11.1 Å². The lowest BCUT2D eigenvalue weighted by atomic mass is 10.1. The van der Waals surface area contributed by atoms with E-state index in [0.717, 1.165) is 29.1 Å². The van der Waals surface area contributed by atoms with Gasteiger partial charge in [0.25, 0.3) is 0 Å². The second-order valence-electron chi connectivity index (χ2n) is 6.85. The summed E-state index contributed by atoms with van der Waals surface area (Å²) in [5.41, 5.74) is 1.42. The van der Waals surface area contributed by atoms with Gasteiger partial charge < -0.3 is 19.9 Å². The predicted octanol–water partition coefficient (Wildman–Crippen LogP) is 2.67. The van der Waals surface area contributed by atoms with E-state index in [-0.39, 0.29) is 18.2 Å². The fourth-order valence-corrected chi connectivity index (χ4v) is 3.97. The molecule has 2 saturated heterocycles. The standard InChI is InChI=1S/C20H21BrN4O3/c21-16-3-1-2-4-17(16)25-13-14(11-19(25)26)20(27)23-15-5-6-18(22-12-15)24-7-9-28-10-8-24/h1-6,12,14H,7-11,13H2,(H,23,27). The molecule has 1 aromatic carbocycles. The van der Waals surface area contributed by atoms with Gasteiger partial charge in [-0.15, -0.1) is 0 Å². The molecule has 7 nitrogen and oxygen atoms in total. The minimum atomic E-state index is -0.390. The van der Waals surface area contributed by atoms with Gasteiger partial charge in [0, 0.05) is 30.5 Å². The molecule has 1 unspecified atom stereocenters. The maximum absolute atomic E-state index is 12.7. The van der Waals surface area contributed by atoms with Gasteiger partial charge in [-0.05, 0) is 40.2 Å². The van der Waals surface area contributed by atoms with E-state index in [9.17, 15) is 9.59 Å².